The number of hydrogen-bond donors (Lipinski definition) is 1. The van der Waals surface area contributed by atoms with Crippen LogP contribution in [0.2, 0.25) is 0 Å². The van der Waals surface area contributed by atoms with E-state index in [-0.39, 0.29) is 11.4 Å². The van der Waals surface area contributed by atoms with Gasteiger partial charge in [-0.3, -0.25) is 9.69 Å². The Hall–Kier alpha value is -0.870. The molecule has 17 heavy (non-hydrogen) atoms. The third-order valence-electron chi connectivity index (χ3n) is 4.37. The Morgan fingerprint density at radius 2 is 2.41 bits per heavy atom. The highest BCUT2D eigenvalue weighted by Gasteiger charge is 2.52. The molecule has 92 valence electrons. The van der Waals surface area contributed by atoms with Crippen molar-refractivity contribution >= 4 is 17.2 Å². The van der Waals surface area contributed by atoms with E-state index in [0.29, 0.717) is 6.04 Å². The lowest BCUT2D eigenvalue weighted by Gasteiger charge is -2.42. The molecule has 1 aromatic heterocycles. The summed E-state index contributed by atoms with van der Waals surface area (Å²) >= 11 is 1.77. The predicted octanol–water partition coefficient (Wildman–Crippen LogP) is 2.12. The molecule has 3 nitrogen and oxygen atoms in total. The average molecular weight is 250 g/mol. The Labute approximate surface area is 106 Å². The Balaban J connectivity index is 1.88. The fourth-order valence-electron chi connectivity index (χ4n) is 3.49. The Morgan fingerprint density at radius 1 is 1.53 bits per heavy atom. The molecule has 3 rings (SSSR count). The number of rotatable bonds is 3. The summed E-state index contributed by atoms with van der Waals surface area (Å²) < 4.78 is 0. The number of carbonyl (C=O) groups excluding carboxylic acids is 1. The van der Waals surface area contributed by atoms with E-state index < -0.39 is 0 Å². The minimum absolute atomic E-state index is 0.115. The zero-order chi connectivity index (χ0) is 11.9. The summed E-state index contributed by atoms with van der Waals surface area (Å²) in [6, 6.07) is 4.79. The molecule has 1 aromatic rings. The van der Waals surface area contributed by atoms with E-state index in [0.717, 1.165) is 32.2 Å². The molecule has 3 heterocycles. The smallest absolute Gasteiger partial charge is 0.237 e. The number of nitrogens with zero attached hydrogens (tertiary/aromatic N) is 1. The van der Waals surface area contributed by atoms with E-state index in [2.05, 4.69) is 22.4 Å². The van der Waals surface area contributed by atoms with Crippen molar-refractivity contribution in [3.63, 3.8) is 0 Å². The zero-order valence-corrected chi connectivity index (χ0v) is 10.7. The largest absolute Gasteiger partial charge is 0.368 e. The van der Waals surface area contributed by atoms with Crippen molar-refractivity contribution in [3.8, 4) is 0 Å². The second kappa shape index (κ2) is 4.10. The van der Waals surface area contributed by atoms with Crippen LogP contribution in [-0.4, -0.2) is 22.4 Å². The maximum Gasteiger partial charge on any atom is 0.237 e. The number of piperidine rings is 1. The van der Waals surface area contributed by atoms with Gasteiger partial charge in [0.05, 0.1) is 0 Å². The molecule has 0 aliphatic carbocycles. The predicted molar refractivity (Wildman–Crippen MR) is 68.7 cm³/mol. The fourth-order valence-corrected chi connectivity index (χ4v) is 4.19. The van der Waals surface area contributed by atoms with E-state index >= 15 is 0 Å². The monoisotopic (exact) mass is 250 g/mol. The maximum absolute atomic E-state index is 11.9. The molecule has 2 atom stereocenters. The molecule has 0 saturated carbocycles. The van der Waals surface area contributed by atoms with Crippen LogP contribution in [0.15, 0.2) is 17.5 Å². The Kier molecular flexibility index (Phi) is 2.71. The van der Waals surface area contributed by atoms with Crippen molar-refractivity contribution in [2.24, 2.45) is 5.73 Å². The zero-order valence-electron chi connectivity index (χ0n) is 9.89. The number of hydrogen-bond acceptors (Lipinski definition) is 3. The average Bonchev–Trinajstić information content (AvgIpc) is 2.86. The van der Waals surface area contributed by atoms with Crippen LogP contribution in [0.1, 0.15) is 37.0 Å². The SMILES string of the molecule is NC(=O)C12CCCC(CC1)N2Cc1cccs1. The van der Waals surface area contributed by atoms with Gasteiger partial charge >= 0.3 is 0 Å². The summed E-state index contributed by atoms with van der Waals surface area (Å²) in [5.41, 5.74) is 5.34. The minimum atomic E-state index is -0.340. The standard InChI is InChI=1S/C13H18N2OS/c14-12(16)13-6-1-3-10(5-7-13)15(13)9-11-4-2-8-17-11/h2,4,8,10H,1,3,5-7,9H2,(H2,14,16). The van der Waals surface area contributed by atoms with Crippen LogP contribution in [-0.2, 0) is 11.3 Å². The van der Waals surface area contributed by atoms with Crippen LogP contribution in [0.25, 0.3) is 0 Å². The second-order valence-electron chi connectivity index (χ2n) is 5.19. The van der Waals surface area contributed by atoms with E-state index in [4.69, 9.17) is 5.73 Å². The highest BCUT2D eigenvalue weighted by atomic mass is 32.1. The third kappa shape index (κ3) is 1.70. The van der Waals surface area contributed by atoms with Gasteiger partial charge in [-0.25, -0.2) is 0 Å². The fraction of sp³-hybridized carbons (Fsp3) is 0.615. The van der Waals surface area contributed by atoms with Crippen LogP contribution < -0.4 is 5.73 Å². The van der Waals surface area contributed by atoms with Gasteiger partial charge in [-0.2, -0.15) is 0 Å². The first-order valence-corrected chi connectivity index (χ1v) is 7.19. The first kappa shape index (κ1) is 11.2. The molecular formula is C13H18N2OS. The number of primary amides is 1. The lowest BCUT2D eigenvalue weighted by atomic mass is 9.87. The molecule has 2 aliphatic heterocycles. The van der Waals surface area contributed by atoms with Crippen LogP contribution >= 0.6 is 11.3 Å². The van der Waals surface area contributed by atoms with E-state index in [1.807, 2.05) is 0 Å². The van der Waals surface area contributed by atoms with Gasteiger partial charge in [0.15, 0.2) is 0 Å². The summed E-state index contributed by atoms with van der Waals surface area (Å²) in [4.78, 5) is 15.6. The normalized spacial score (nSPS) is 32.8. The number of nitrogens with two attached hydrogens (primary N) is 1. The molecule has 2 N–H and O–H groups in total. The molecule has 1 amide bonds. The second-order valence-corrected chi connectivity index (χ2v) is 6.22. The molecule has 0 aromatic carbocycles. The topological polar surface area (TPSA) is 46.3 Å². The van der Waals surface area contributed by atoms with Gasteiger partial charge in [-0.1, -0.05) is 6.07 Å². The van der Waals surface area contributed by atoms with Crippen molar-refractivity contribution < 1.29 is 4.79 Å². The van der Waals surface area contributed by atoms with Gasteiger partial charge in [0.2, 0.25) is 5.91 Å². The van der Waals surface area contributed by atoms with Crippen LogP contribution in [0, 0.1) is 0 Å². The molecular weight excluding hydrogens is 232 g/mol. The van der Waals surface area contributed by atoms with Gasteiger partial charge in [-0.05, 0) is 43.6 Å². The Bertz CT molecular complexity index is 413. The minimum Gasteiger partial charge on any atom is -0.368 e. The summed E-state index contributed by atoms with van der Waals surface area (Å²) in [6.45, 7) is 0.894. The molecule has 2 fully saturated rings. The van der Waals surface area contributed by atoms with Crippen molar-refractivity contribution in [1.29, 1.82) is 0 Å². The van der Waals surface area contributed by atoms with Crippen LogP contribution in [0.5, 0.6) is 0 Å². The third-order valence-corrected chi connectivity index (χ3v) is 5.24. The summed E-state index contributed by atoms with van der Waals surface area (Å²) in [5.74, 6) is -0.115. The van der Waals surface area contributed by atoms with Crippen molar-refractivity contribution in [3.05, 3.63) is 22.4 Å². The summed E-state index contributed by atoms with van der Waals surface area (Å²) in [6.07, 6.45) is 5.41. The summed E-state index contributed by atoms with van der Waals surface area (Å²) in [5, 5.41) is 2.10. The molecule has 4 heteroatoms. The lowest BCUT2D eigenvalue weighted by Crippen LogP contribution is -2.57. The Morgan fingerprint density at radius 3 is 3.12 bits per heavy atom. The van der Waals surface area contributed by atoms with Gasteiger partial charge in [0.1, 0.15) is 5.54 Å². The van der Waals surface area contributed by atoms with Crippen molar-refractivity contribution in [2.45, 2.75) is 50.2 Å². The van der Waals surface area contributed by atoms with E-state index in [1.165, 1.54) is 11.3 Å². The summed E-state index contributed by atoms with van der Waals surface area (Å²) in [7, 11) is 0. The van der Waals surface area contributed by atoms with E-state index in [9.17, 15) is 4.79 Å². The molecule has 0 radical (unpaired) electrons. The van der Waals surface area contributed by atoms with E-state index in [1.54, 1.807) is 11.3 Å². The van der Waals surface area contributed by atoms with Crippen LogP contribution in [0.3, 0.4) is 0 Å². The van der Waals surface area contributed by atoms with Crippen molar-refractivity contribution in [2.75, 3.05) is 0 Å². The van der Waals surface area contributed by atoms with Gasteiger partial charge in [0, 0.05) is 17.5 Å². The molecule has 2 aliphatic rings. The molecule has 2 bridgehead atoms. The van der Waals surface area contributed by atoms with Gasteiger partial charge in [0.25, 0.3) is 0 Å². The van der Waals surface area contributed by atoms with Crippen molar-refractivity contribution in [1.82, 2.24) is 4.90 Å². The van der Waals surface area contributed by atoms with Gasteiger partial charge in [-0.15, -0.1) is 11.3 Å². The number of carbonyl (C=O) groups is 1. The van der Waals surface area contributed by atoms with Gasteiger partial charge < -0.3 is 5.73 Å². The number of thiophene rings is 1. The number of fused-ring (bicyclic) bond motifs is 2. The lowest BCUT2D eigenvalue weighted by molar-refractivity contribution is -0.132. The molecule has 2 saturated heterocycles. The maximum atomic E-state index is 11.9. The molecule has 2 unspecified atom stereocenters. The quantitative estimate of drug-likeness (QED) is 0.893. The van der Waals surface area contributed by atoms with Crippen LogP contribution in [0.4, 0.5) is 0 Å². The number of amides is 1. The highest BCUT2D eigenvalue weighted by Crippen LogP contribution is 2.45. The first-order chi connectivity index (χ1) is 8.22. The molecule has 0 spiro atoms. The highest BCUT2D eigenvalue weighted by molar-refractivity contribution is 7.09. The first-order valence-electron chi connectivity index (χ1n) is 6.31.